The quantitative estimate of drug-likeness (QED) is 0.689. The van der Waals surface area contributed by atoms with Crippen LogP contribution in [0, 0.1) is 17.2 Å². The van der Waals surface area contributed by atoms with Crippen LogP contribution < -0.4 is 0 Å². The summed E-state index contributed by atoms with van der Waals surface area (Å²) in [5.41, 5.74) is 0. The summed E-state index contributed by atoms with van der Waals surface area (Å²) in [6.45, 7) is 4.83. The summed E-state index contributed by atoms with van der Waals surface area (Å²) in [7, 11) is 0. The van der Waals surface area contributed by atoms with Gasteiger partial charge in [0, 0.05) is 12.5 Å². The molecule has 78 valence electrons. The lowest BCUT2D eigenvalue weighted by Crippen LogP contribution is -2.38. The van der Waals surface area contributed by atoms with E-state index in [-0.39, 0.29) is 17.9 Å². The molecule has 1 fully saturated rings. The molecular weight excluding hydrogens is 176 g/mol. The van der Waals surface area contributed by atoms with Gasteiger partial charge in [0.1, 0.15) is 6.04 Å². The van der Waals surface area contributed by atoms with Gasteiger partial charge in [0.15, 0.2) is 0 Å². The van der Waals surface area contributed by atoms with Gasteiger partial charge in [-0.25, -0.2) is 0 Å². The Morgan fingerprint density at radius 2 is 2.21 bits per heavy atom. The number of likely N-dealkylation sites (tertiary alicyclic amines) is 1. The Morgan fingerprint density at radius 1 is 1.57 bits per heavy atom. The summed E-state index contributed by atoms with van der Waals surface area (Å²) < 4.78 is 0. The third kappa shape index (κ3) is 2.06. The Bertz CT molecular complexity index is 240. The third-order valence-corrected chi connectivity index (χ3v) is 3.02. The van der Waals surface area contributed by atoms with Crippen molar-refractivity contribution in [3.63, 3.8) is 0 Å². The van der Waals surface area contributed by atoms with Crippen LogP contribution in [0.15, 0.2) is 0 Å². The molecule has 0 aliphatic carbocycles. The molecule has 0 radical (unpaired) electrons. The Hall–Kier alpha value is -1.04. The molecule has 1 heterocycles. The fraction of sp³-hybridized carbons (Fsp3) is 0.818. The Balaban J connectivity index is 2.64. The highest BCUT2D eigenvalue weighted by Gasteiger charge is 2.31. The van der Waals surface area contributed by atoms with E-state index in [0.29, 0.717) is 0 Å². The number of hydrogen-bond donors (Lipinski definition) is 0. The van der Waals surface area contributed by atoms with Crippen LogP contribution >= 0.6 is 0 Å². The second-order valence-corrected chi connectivity index (χ2v) is 3.83. The first-order chi connectivity index (χ1) is 6.74. The first-order valence-corrected chi connectivity index (χ1v) is 5.44. The second kappa shape index (κ2) is 4.99. The molecule has 0 spiro atoms. The molecule has 0 aromatic heterocycles. The minimum Gasteiger partial charge on any atom is -0.326 e. The van der Waals surface area contributed by atoms with Crippen molar-refractivity contribution in [2.75, 3.05) is 6.54 Å². The van der Waals surface area contributed by atoms with E-state index in [1.54, 1.807) is 4.90 Å². The van der Waals surface area contributed by atoms with Crippen molar-refractivity contribution >= 4 is 5.91 Å². The predicted molar refractivity (Wildman–Crippen MR) is 54.4 cm³/mol. The van der Waals surface area contributed by atoms with E-state index in [0.717, 1.165) is 32.2 Å². The van der Waals surface area contributed by atoms with Crippen molar-refractivity contribution in [3.8, 4) is 6.07 Å². The van der Waals surface area contributed by atoms with Crippen LogP contribution in [-0.2, 0) is 4.79 Å². The van der Waals surface area contributed by atoms with E-state index in [9.17, 15) is 4.79 Å². The lowest BCUT2D eigenvalue weighted by atomic mass is 10.0. The number of amides is 1. The van der Waals surface area contributed by atoms with Gasteiger partial charge in [-0.2, -0.15) is 5.26 Å². The Labute approximate surface area is 85.7 Å². The maximum absolute atomic E-state index is 12.0. The number of nitriles is 1. The van der Waals surface area contributed by atoms with Crippen molar-refractivity contribution in [1.82, 2.24) is 4.90 Å². The fourth-order valence-corrected chi connectivity index (χ4v) is 2.04. The largest absolute Gasteiger partial charge is 0.326 e. The molecule has 3 nitrogen and oxygen atoms in total. The molecule has 1 aliphatic rings. The van der Waals surface area contributed by atoms with Gasteiger partial charge in [-0.3, -0.25) is 4.79 Å². The lowest BCUT2D eigenvalue weighted by molar-refractivity contribution is -0.135. The number of carbonyl (C=O) groups is 1. The fourth-order valence-electron chi connectivity index (χ4n) is 2.04. The highest BCUT2D eigenvalue weighted by Crippen LogP contribution is 2.21. The maximum atomic E-state index is 12.0. The molecule has 1 atom stereocenters. The van der Waals surface area contributed by atoms with Crippen LogP contribution in [0.25, 0.3) is 0 Å². The van der Waals surface area contributed by atoms with Gasteiger partial charge in [-0.15, -0.1) is 0 Å². The van der Waals surface area contributed by atoms with E-state index >= 15 is 0 Å². The molecule has 14 heavy (non-hydrogen) atoms. The van der Waals surface area contributed by atoms with Crippen molar-refractivity contribution in [2.45, 2.75) is 45.6 Å². The predicted octanol–water partition coefficient (Wildman–Crippen LogP) is 1.94. The summed E-state index contributed by atoms with van der Waals surface area (Å²) in [5, 5.41) is 8.87. The van der Waals surface area contributed by atoms with Gasteiger partial charge in [0.05, 0.1) is 6.07 Å². The average Bonchev–Trinajstić information content (AvgIpc) is 2.67. The zero-order valence-corrected chi connectivity index (χ0v) is 8.99. The van der Waals surface area contributed by atoms with Crippen LogP contribution in [0.4, 0.5) is 0 Å². The Kier molecular flexibility index (Phi) is 3.94. The van der Waals surface area contributed by atoms with Crippen LogP contribution in [0.5, 0.6) is 0 Å². The van der Waals surface area contributed by atoms with Gasteiger partial charge in [0.25, 0.3) is 0 Å². The third-order valence-electron chi connectivity index (χ3n) is 3.02. The smallest absolute Gasteiger partial charge is 0.226 e. The molecule has 1 rings (SSSR count). The normalized spacial score (nSPS) is 21.3. The topological polar surface area (TPSA) is 44.1 Å². The monoisotopic (exact) mass is 194 g/mol. The zero-order valence-electron chi connectivity index (χ0n) is 8.99. The van der Waals surface area contributed by atoms with Gasteiger partial charge in [-0.05, 0) is 25.7 Å². The van der Waals surface area contributed by atoms with Gasteiger partial charge in [0.2, 0.25) is 5.91 Å². The molecule has 1 aliphatic heterocycles. The maximum Gasteiger partial charge on any atom is 0.226 e. The minimum absolute atomic E-state index is 0.115. The molecule has 0 saturated carbocycles. The highest BCUT2D eigenvalue weighted by molar-refractivity contribution is 5.79. The van der Waals surface area contributed by atoms with Gasteiger partial charge >= 0.3 is 0 Å². The lowest BCUT2D eigenvalue weighted by Gasteiger charge is -2.24. The molecular formula is C11H18N2O. The number of carbonyl (C=O) groups excluding carboxylic acids is 1. The summed E-state index contributed by atoms with van der Waals surface area (Å²) in [4.78, 5) is 13.7. The van der Waals surface area contributed by atoms with Crippen LogP contribution in [-0.4, -0.2) is 23.4 Å². The Morgan fingerprint density at radius 3 is 2.71 bits per heavy atom. The van der Waals surface area contributed by atoms with E-state index in [1.807, 2.05) is 13.8 Å². The van der Waals surface area contributed by atoms with Crippen molar-refractivity contribution in [3.05, 3.63) is 0 Å². The molecule has 1 saturated heterocycles. The van der Waals surface area contributed by atoms with Gasteiger partial charge < -0.3 is 4.90 Å². The number of hydrogen-bond acceptors (Lipinski definition) is 2. The van der Waals surface area contributed by atoms with E-state index in [4.69, 9.17) is 5.26 Å². The zero-order chi connectivity index (χ0) is 10.6. The van der Waals surface area contributed by atoms with Crippen molar-refractivity contribution in [1.29, 1.82) is 5.26 Å². The van der Waals surface area contributed by atoms with Crippen LogP contribution in [0.3, 0.4) is 0 Å². The van der Waals surface area contributed by atoms with Crippen molar-refractivity contribution in [2.24, 2.45) is 5.92 Å². The summed E-state index contributed by atoms with van der Waals surface area (Å²) in [6, 6.07) is 2.04. The molecule has 0 aromatic rings. The van der Waals surface area contributed by atoms with Crippen LogP contribution in [0.2, 0.25) is 0 Å². The second-order valence-electron chi connectivity index (χ2n) is 3.83. The summed E-state index contributed by atoms with van der Waals surface area (Å²) >= 11 is 0. The number of nitrogens with zero attached hydrogens (tertiary/aromatic N) is 2. The molecule has 0 bridgehead atoms. The highest BCUT2D eigenvalue weighted by atomic mass is 16.2. The standard InChI is InChI=1S/C11H18N2O/c1-3-9(4-2)11(14)13-7-5-6-10(13)8-12/h9-10H,3-7H2,1-2H3. The van der Waals surface area contributed by atoms with Crippen molar-refractivity contribution < 1.29 is 4.79 Å². The SMILES string of the molecule is CCC(CC)C(=O)N1CCCC1C#N. The molecule has 1 unspecified atom stereocenters. The number of rotatable bonds is 3. The first kappa shape index (κ1) is 11.0. The van der Waals surface area contributed by atoms with Gasteiger partial charge in [-0.1, -0.05) is 13.8 Å². The average molecular weight is 194 g/mol. The van der Waals surface area contributed by atoms with E-state index in [1.165, 1.54) is 0 Å². The molecule has 3 heteroatoms. The molecule has 0 N–H and O–H groups in total. The summed E-state index contributed by atoms with van der Waals surface area (Å²) in [6.07, 6.45) is 3.58. The minimum atomic E-state index is -0.164. The molecule has 1 amide bonds. The molecule has 0 aromatic carbocycles. The van der Waals surface area contributed by atoms with E-state index in [2.05, 4.69) is 6.07 Å². The summed E-state index contributed by atoms with van der Waals surface area (Å²) in [5.74, 6) is 0.294. The van der Waals surface area contributed by atoms with Crippen LogP contribution in [0.1, 0.15) is 39.5 Å². The van der Waals surface area contributed by atoms with E-state index < -0.39 is 0 Å². The first-order valence-electron chi connectivity index (χ1n) is 5.44.